The van der Waals surface area contributed by atoms with E-state index in [1.54, 1.807) is 24.1 Å². The van der Waals surface area contributed by atoms with Crippen molar-refractivity contribution in [3.05, 3.63) is 40.2 Å². The van der Waals surface area contributed by atoms with Crippen LogP contribution in [-0.4, -0.2) is 43.5 Å². The van der Waals surface area contributed by atoms with Gasteiger partial charge in [-0.1, -0.05) is 0 Å². The second-order valence-corrected chi connectivity index (χ2v) is 6.52. The van der Waals surface area contributed by atoms with Crippen LogP contribution >= 0.6 is 0 Å². The Hall–Kier alpha value is -2.67. The maximum Gasteiger partial charge on any atom is 0.336 e. The molecule has 0 saturated carbocycles. The number of nitrogens with one attached hydrogen (secondary N) is 1. The summed E-state index contributed by atoms with van der Waals surface area (Å²) >= 11 is 0. The Labute approximate surface area is 150 Å². The monoisotopic (exact) mass is 358 g/mol. The first kappa shape index (κ1) is 18.1. The SMILES string of the molecule is COCCN1CC(C(=O)Nc2ccc3c(C)cc(=O)oc3c2)CCC1=O. The summed E-state index contributed by atoms with van der Waals surface area (Å²) in [4.78, 5) is 37.7. The minimum Gasteiger partial charge on any atom is -0.423 e. The molecule has 1 atom stereocenters. The van der Waals surface area contributed by atoms with Crippen molar-refractivity contribution in [2.24, 2.45) is 5.92 Å². The van der Waals surface area contributed by atoms with E-state index in [2.05, 4.69) is 5.32 Å². The number of hydrogen-bond acceptors (Lipinski definition) is 5. The van der Waals surface area contributed by atoms with Gasteiger partial charge < -0.3 is 19.4 Å². The van der Waals surface area contributed by atoms with Gasteiger partial charge in [0.15, 0.2) is 0 Å². The predicted octanol–water partition coefficient (Wildman–Crippen LogP) is 1.92. The number of carbonyl (C=O) groups is 2. The van der Waals surface area contributed by atoms with Crippen LogP contribution in [0.4, 0.5) is 5.69 Å². The van der Waals surface area contributed by atoms with Gasteiger partial charge in [-0.2, -0.15) is 0 Å². The maximum atomic E-state index is 12.6. The van der Waals surface area contributed by atoms with Gasteiger partial charge in [0, 0.05) is 49.8 Å². The summed E-state index contributed by atoms with van der Waals surface area (Å²) in [6.45, 7) is 3.16. The molecule has 0 radical (unpaired) electrons. The molecule has 1 saturated heterocycles. The van der Waals surface area contributed by atoms with E-state index in [4.69, 9.17) is 9.15 Å². The highest BCUT2D eigenvalue weighted by Gasteiger charge is 2.30. The van der Waals surface area contributed by atoms with Crippen molar-refractivity contribution in [2.75, 3.05) is 32.1 Å². The van der Waals surface area contributed by atoms with E-state index in [9.17, 15) is 14.4 Å². The lowest BCUT2D eigenvalue weighted by Gasteiger charge is -2.31. The Bertz CT molecular complexity index is 889. The molecule has 26 heavy (non-hydrogen) atoms. The molecule has 1 aliphatic rings. The van der Waals surface area contributed by atoms with E-state index in [0.717, 1.165) is 10.9 Å². The molecule has 1 N–H and O–H groups in total. The van der Waals surface area contributed by atoms with Crippen LogP contribution in [0.3, 0.4) is 0 Å². The normalized spacial score (nSPS) is 17.5. The largest absolute Gasteiger partial charge is 0.423 e. The highest BCUT2D eigenvalue weighted by molar-refractivity contribution is 5.96. The fourth-order valence-corrected chi connectivity index (χ4v) is 3.19. The Morgan fingerprint density at radius 3 is 2.92 bits per heavy atom. The highest BCUT2D eigenvalue weighted by atomic mass is 16.5. The van der Waals surface area contributed by atoms with E-state index in [-0.39, 0.29) is 17.7 Å². The lowest BCUT2D eigenvalue weighted by atomic mass is 9.96. The first-order chi connectivity index (χ1) is 12.5. The van der Waals surface area contributed by atoms with Crippen LogP contribution in [0, 0.1) is 12.8 Å². The number of nitrogens with zero attached hydrogens (tertiary/aromatic N) is 1. The van der Waals surface area contributed by atoms with E-state index in [1.807, 2.05) is 13.0 Å². The molecule has 7 nitrogen and oxygen atoms in total. The van der Waals surface area contributed by atoms with Crippen molar-refractivity contribution in [1.29, 1.82) is 0 Å². The summed E-state index contributed by atoms with van der Waals surface area (Å²) < 4.78 is 10.2. The van der Waals surface area contributed by atoms with Gasteiger partial charge >= 0.3 is 5.63 Å². The van der Waals surface area contributed by atoms with E-state index >= 15 is 0 Å². The predicted molar refractivity (Wildman–Crippen MR) is 97.0 cm³/mol. The second kappa shape index (κ2) is 7.70. The van der Waals surface area contributed by atoms with Crippen LogP contribution < -0.4 is 10.9 Å². The smallest absolute Gasteiger partial charge is 0.336 e. The molecule has 1 unspecified atom stereocenters. The maximum absolute atomic E-state index is 12.6. The molecule has 7 heteroatoms. The summed E-state index contributed by atoms with van der Waals surface area (Å²) in [6.07, 6.45) is 0.878. The summed E-state index contributed by atoms with van der Waals surface area (Å²) in [6, 6.07) is 6.69. The van der Waals surface area contributed by atoms with Crippen LogP contribution in [0.2, 0.25) is 0 Å². The summed E-state index contributed by atoms with van der Waals surface area (Å²) in [5.74, 6) is -0.368. The molecule has 0 spiro atoms. The van der Waals surface area contributed by atoms with Gasteiger partial charge in [-0.05, 0) is 31.0 Å². The number of methoxy groups -OCH3 is 1. The summed E-state index contributed by atoms with van der Waals surface area (Å²) in [5.41, 5.74) is 1.41. The van der Waals surface area contributed by atoms with Gasteiger partial charge in [0.2, 0.25) is 11.8 Å². The Morgan fingerprint density at radius 2 is 2.15 bits per heavy atom. The molecule has 138 valence electrons. The Balaban J connectivity index is 1.72. The number of fused-ring (bicyclic) bond motifs is 1. The van der Waals surface area contributed by atoms with E-state index < -0.39 is 5.63 Å². The zero-order chi connectivity index (χ0) is 18.7. The molecule has 3 rings (SSSR count). The average molecular weight is 358 g/mol. The molecule has 1 fully saturated rings. The highest BCUT2D eigenvalue weighted by Crippen LogP contribution is 2.23. The van der Waals surface area contributed by atoms with Gasteiger partial charge in [-0.3, -0.25) is 9.59 Å². The number of hydrogen-bond donors (Lipinski definition) is 1. The van der Waals surface area contributed by atoms with Crippen molar-refractivity contribution in [2.45, 2.75) is 19.8 Å². The van der Waals surface area contributed by atoms with Crippen LogP contribution in [0.15, 0.2) is 33.5 Å². The van der Waals surface area contributed by atoms with Crippen LogP contribution in [-0.2, 0) is 14.3 Å². The third-order valence-electron chi connectivity index (χ3n) is 4.66. The van der Waals surface area contributed by atoms with Gasteiger partial charge in [0.1, 0.15) is 5.58 Å². The third kappa shape index (κ3) is 3.94. The summed E-state index contributed by atoms with van der Waals surface area (Å²) in [5, 5.41) is 3.69. The Kier molecular flexibility index (Phi) is 5.37. The van der Waals surface area contributed by atoms with Gasteiger partial charge in [-0.15, -0.1) is 0 Å². The number of rotatable bonds is 5. The molecule has 2 aromatic rings. The lowest BCUT2D eigenvalue weighted by Crippen LogP contribution is -2.45. The first-order valence-corrected chi connectivity index (χ1v) is 8.60. The molecule has 1 aliphatic heterocycles. The summed E-state index contributed by atoms with van der Waals surface area (Å²) in [7, 11) is 1.58. The van der Waals surface area contributed by atoms with Crippen molar-refractivity contribution in [3.63, 3.8) is 0 Å². The number of likely N-dealkylation sites (tertiary alicyclic amines) is 1. The number of benzene rings is 1. The Morgan fingerprint density at radius 1 is 1.35 bits per heavy atom. The first-order valence-electron chi connectivity index (χ1n) is 8.60. The van der Waals surface area contributed by atoms with Crippen molar-refractivity contribution in [1.82, 2.24) is 4.90 Å². The zero-order valence-electron chi connectivity index (χ0n) is 14.9. The second-order valence-electron chi connectivity index (χ2n) is 6.52. The van der Waals surface area contributed by atoms with Gasteiger partial charge in [0.25, 0.3) is 0 Å². The fourth-order valence-electron chi connectivity index (χ4n) is 3.19. The molecular weight excluding hydrogens is 336 g/mol. The van der Waals surface area contributed by atoms with E-state index in [1.165, 1.54) is 6.07 Å². The van der Waals surface area contributed by atoms with Gasteiger partial charge in [0.05, 0.1) is 12.5 Å². The zero-order valence-corrected chi connectivity index (χ0v) is 14.9. The molecule has 2 amide bonds. The minimum atomic E-state index is -0.418. The van der Waals surface area contributed by atoms with Crippen LogP contribution in [0.5, 0.6) is 0 Å². The number of anilines is 1. The van der Waals surface area contributed by atoms with Crippen molar-refractivity contribution < 1.29 is 18.7 Å². The third-order valence-corrected chi connectivity index (χ3v) is 4.66. The lowest BCUT2D eigenvalue weighted by molar-refractivity contribution is -0.137. The van der Waals surface area contributed by atoms with Crippen LogP contribution in [0.1, 0.15) is 18.4 Å². The quantitative estimate of drug-likeness (QED) is 0.825. The molecular formula is C19H22N2O5. The number of ether oxygens (including phenoxy) is 1. The van der Waals surface area contributed by atoms with Crippen LogP contribution in [0.25, 0.3) is 11.0 Å². The molecule has 1 aromatic carbocycles. The average Bonchev–Trinajstić information content (AvgIpc) is 2.60. The van der Waals surface area contributed by atoms with E-state index in [0.29, 0.717) is 43.8 Å². The number of piperidine rings is 1. The van der Waals surface area contributed by atoms with Gasteiger partial charge in [-0.25, -0.2) is 4.79 Å². The number of aryl methyl sites for hydroxylation is 1. The number of amides is 2. The fraction of sp³-hybridized carbons (Fsp3) is 0.421. The molecule has 0 bridgehead atoms. The minimum absolute atomic E-state index is 0.0501. The standard InChI is InChI=1S/C19H22N2O5/c1-12-9-18(23)26-16-10-14(4-5-15(12)16)20-19(24)13-3-6-17(22)21(11-13)7-8-25-2/h4-5,9-10,13H,3,6-8,11H2,1-2H3,(H,20,24). The topological polar surface area (TPSA) is 88.8 Å². The van der Waals surface area contributed by atoms with Crippen molar-refractivity contribution >= 4 is 28.5 Å². The molecule has 0 aliphatic carbocycles. The van der Waals surface area contributed by atoms with Crippen molar-refractivity contribution in [3.8, 4) is 0 Å². The molecule has 1 aromatic heterocycles. The molecule has 2 heterocycles. The number of carbonyl (C=O) groups excluding carboxylic acids is 2.